The van der Waals surface area contributed by atoms with Crippen molar-refractivity contribution >= 4 is 11.3 Å². The standard InChI is InChI=1S/C14H14N4O/c1-2-17-10-11(8-15-17)7-14(19)12-9-16-18-6-4-3-5-13(12)18/h3-6,8-10H,2,7H2,1H3. The molecule has 3 aromatic rings. The van der Waals surface area contributed by atoms with Gasteiger partial charge in [-0.1, -0.05) is 6.07 Å². The summed E-state index contributed by atoms with van der Waals surface area (Å²) >= 11 is 0. The Morgan fingerprint density at radius 3 is 2.95 bits per heavy atom. The average Bonchev–Trinajstić information content (AvgIpc) is 3.04. The van der Waals surface area contributed by atoms with Crippen LogP contribution in [0.1, 0.15) is 22.8 Å². The van der Waals surface area contributed by atoms with Crippen LogP contribution in [0.4, 0.5) is 0 Å². The number of pyridine rings is 1. The number of hydrogen-bond acceptors (Lipinski definition) is 3. The highest BCUT2D eigenvalue weighted by atomic mass is 16.1. The van der Waals surface area contributed by atoms with E-state index >= 15 is 0 Å². The Morgan fingerprint density at radius 1 is 1.26 bits per heavy atom. The molecule has 0 N–H and O–H groups in total. The second-order valence-corrected chi connectivity index (χ2v) is 4.39. The second kappa shape index (κ2) is 4.68. The Kier molecular flexibility index (Phi) is 2.87. The van der Waals surface area contributed by atoms with Crippen molar-refractivity contribution in [2.24, 2.45) is 0 Å². The summed E-state index contributed by atoms with van der Waals surface area (Å²) < 4.78 is 3.53. The molecule has 0 unspecified atom stereocenters. The van der Waals surface area contributed by atoms with E-state index in [1.54, 1.807) is 16.9 Å². The third-order valence-electron chi connectivity index (χ3n) is 3.10. The van der Waals surface area contributed by atoms with Gasteiger partial charge in [0, 0.05) is 25.4 Å². The van der Waals surface area contributed by atoms with Crippen molar-refractivity contribution < 1.29 is 4.79 Å². The number of carbonyl (C=O) groups is 1. The lowest BCUT2D eigenvalue weighted by atomic mass is 10.1. The number of hydrogen-bond donors (Lipinski definition) is 0. The van der Waals surface area contributed by atoms with Gasteiger partial charge in [0.25, 0.3) is 0 Å². The molecule has 3 aromatic heterocycles. The number of Topliss-reactive ketones (excluding diaryl/α,β-unsaturated/α-hetero) is 1. The van der Waals surface area contributed by atoms with Crippen molar-refractivity contribution in [1.29, 1.82) is 0 Å². The highest BCUT2D eigenvalue weighted by Gasteiger charge is 2.13. The maximum atomic E-state index is 12.3. The van der Waals surface area contributed by atoms with Crippen LogP contribution in [-0.2, 0) is 13.0 Å². The molecule has 0 saturated carbocycles. The van der Waals surface area contributed by atoms with Crippen molar-refractivity contribution in [2.75, 3.05) is 0 Å². The van der Waals surface area contributed by atoms with Gasteiger partial charge < -0.3 is 0 Å². The Balaban J connectivity index is 1.87. The van der Waals surface area contributed by atoms with E-state index in [1.165, 1.54) is 0 Å². The summed E-state index contributed by atoms with van der Waals surface area (Å²) in [5, 5.41) is 8.35. The van der Waals surface area contributed by atoms with Crippen molar-refractivity contribution in [3.05, 3.63) is 54.1 Å². The second-order valence-electron chi connectivity index (χ2n) is 4.39. The number of nitrogens with zero attached hydrogens (tertiary/aromatic N) is 4. The van der Waals surface area contributed by atoms with Gasteiger partial charge in [-0.15, -0.1) is 0 Å². The van der Waals surface area contributed by atoms with Gasteiger partial charge in [0.05, 0.1) is 23.5 Å². The maximum absolute atomic E-state index is 12.3. The molecule has 0 radical (unpaired) electrons. The molecule has 0 fully saturated rings. The molecular weight excluding hydrogens is 240 g/mol. The van der Waals surface area contributed by atoms with Gasteiger partial charge in [0.15, 0.2) is 5.78 Å². The zero-order chi connectivity index (χ0) is 13.2. The van der Waals surface area contributed by atoms with Crippen molar-refractivity contribution in [3.8, 4) is 0 Å². The number of fused-ring (bicyclic) bond motifs is 1. The van der Waals surface area contributed by atoms with Crippen LogP contribution < -0.4 is 0 Å². The molecule has 5 heteroatoms. The summed E-state index contributed by atoms with van der Waals surface area (Å²) in [5.74, 6) is 0.0665. The van der Waals surface area contributed by atoms with Crippen LogP contribution in [0.5, 0.6) is 0 Å². The maximum Gasteiger partial charge on any atom is 0.171 e. The zero-order valence-electron chi connectivity index (χ0n) is 10.7. The van der Waals surface area contributed by atoms with Crippen molar-refractivity contribution in [1.82, 2.24) is 19.4 Å². The molecule has 0 aliphatic carbocycles. The Bertz CT molecular complexity index is 726. The molecule has 0 aliphatic rings. The number of ketones is 1. The lowest BCUT2D eigenvalue weighted by Crippen LogP contribution is -2.02. The SMILES string of the molecule is CCn1cc(CC(=O)c2cnn3ccccc23)cn1. The van der Waals surface area contributed by atoms with Crippen molar-refractivity contribution in [3.63, 3.8) is 0 Å². The van der Waals surface area contributed by atoms with E-state index in [0.717, 1.165) is 17.6 Å². The first kappa shape index (κ1) is 11.6. The molecule has 0 aliphatic heterocycles. The first-order valence-corrected chi connectivity index (χ1v) is 6.25. The highest BCUT2D eigenvalue weighted by molar-refractivity contribution is 6.03. The quantitative estimate of drug-likeness (QED) is 0.669. The van der Waals surface area contributed by atoms with Gasteiger partial charge in [0.2, 0.25) is 0 Å². The van der Waals surface area contributed by atoms with E-state index in [1.807, 2.05) is 42.2 Å². The fraction of sp³-hybridized carbons (Fsp3) is 0.214. The third-order valence-corrected chi connectivity index (χ3v) is 3.10. The van der Waals surface area contributed by atoms with Gasteiger partial charge in [-0.25, -0.2) is 4.52 Å². The fourth-order valence-electron chi connectivity index (χ4n) is 2.10. The number of aromatic nitrogens is 4. The van der Waals surface area contributed by atoms with E-state index in [-0.39, 0.29) is 5.78 Å². The van der Waals surface area contributed by atoms with E-state index in [9.17, 15) is 4.79 Å². The molecule has 19 heavy (non-hydrogen) atoms. The summed E-state index contributed by atoms with van der Waals surface area (Å²) in [6.45, 7) is 2.83. The Morgan fingerprint density at radius 2 is 2.16 bits per heavy atom. The van der Waals surface area contributed by atoms with Crippen molar-refractivity contribution in [2.45, 2.75) is 19.9 Å². The monoisotopic (exact) mass is 254 g/mol. The van der Waals surface area contributed by atoms with E-state index in [0.29, 0.717) is 12.0 Å². The molecule has 3 heterocycles. The number of carbonyl (C=O) groups excluding carboxylic acids is 1. The smallest absolute Gasteiger partial charge is 0.171 e. The number of rotatable bonds is 4. The minimum Gasteiger partial charge on any atom is -0.294 e. The first-order chi connectivity index (χ1) is 9.28. The van der Waals surface area contributed by atoms with Gasteiger partial charge in [-0.2, -0.15) is 10.2 Å². The summed E-state index contributed by atoms with van der Waals surface area (Å²) in [5.41, 5.74) is 2.43. The topological polar surface area (TPSA) is 52.2 Å². The predicted molar refractivity (Wildman–Crippen MR) is 71.1 cm³/mol. The van der Waals surface area contributed by atoms with E-state index < -0.39 is 0 Å². The van der Waals surface area contributed by atoms with Crippen LogP contribution in [-0.4, -0.2) is 25.2 Å². The molecule has 0 saturated heterocycles. The molecule has 0 spiro atoms. The molecule has 0 atom stereocenters. The molecule has 5 nitrogen and oxygen atoms in total. The van der Waals surface area contributed by atoms with Crippen LogP contribution in [0.3, 0.4) is 0 Å². The Labute approximate surface area is 110 Å². The minimum absolute atomic E-state index is 0.0665. The number of aryl methyl sites for hydroxylation is 1. The van der Waals surface area contributed by atoms with Crippen LogP contribution in [0.25, 0.3) is 5.52 Å². The molecular formula is C14H14N4O. The minimum atomic E-state index is 0.0665. The van der Waals surface area contributed by atoms with Gasteiger partial charge >= 0.3 is 0 Å². The summed E-state index contributed by atoms with van der Waals surface area (Å²) in [4.78, 5) is 12.3. The van der Waals surface area contributed by atoms with Gasteiger partial charge in [-0.05, 0) is 24.6 Å². The first-order valence-electron chi connectivity index (χ1n) is 6.25. The average molecular weight is 254 g/mol. The summed E-state index contributed by atoms with van der Waals surface area (Å²) in [7, 11) is 0. The van der Waals surface area contributed by atoms with E-state index in [4.69, 9.17) is 0 Å². The summed E-state index contributed by atoms with van der Waals surface area (Å²) in [6.07, 6.45) is 7.47. The van der Waals surface area contributed by atoms with Gasteiger partial charge in [-0.3, -0.25) is 9.48 Å². The molecule has 96 valence electrons. The molecule has 0 bridgehead atoms. The fourth-order valence-corrected chi connectivity index (χ4v) is 2.10. The normalized spacial score (nSPS) is 11.0. The molecule has 0 amide bonds. The Hall–Kier alpha value is -2.43. The third kappa shape index (κ3) is 2.14. The highest BCUT2D eigenvalue weighted by Crippen LogP contribution is 2.13. The van der Waals surface area contributed by atoms with Gasteiger partial charge in [0.1, 0.15) is 0 Å². The van der Waals surface area contributed by atoms with E-state index in [2.05, 4.69) is 10.2 Å². The lowest BCUT2D eigenvalue weighted by Gasteiger charge is -1.97. The molecule has 3 rings (SSSR count). The van der Waals surface area contributed by atoms with Crippen LogP contribution in [0.2, 0.25) is 0 Å². The largest absolute Gasteiger partial charge is 0.294 e. The van der Waals surface area contributed by atoms with Crippen LogP contribution in [0.15, 0.2) is 43.0 Å². The predicted octanol–water partition coefficient (Wildman–Crippen LogP) is 1.98. The zero-order valence-corrected chi connectivity index (χ0v) is 10.7. The van der Waals surface area contributed by atoms with Crippen LogP contribution >= 0.6 is 0 Å². The summed E-state index contributed by atoms with van der Waals surface area (Å²) in [6, 6.07) is 5.69. The van der Waals surface area contributed by atoms with Crippen LogP contribution in [0, 0.1) is 0 Å². The molecule has 0 aromatic carbocycles. The lowest BCUT2D eigenvalue weighted by molar-refractivity contribution is 0.0994.